The number of benzene rings is 3. The second kappa shape index (κ2) is 8.60. The molecule has 4 fully saturated rings. The van der Waals surface area contributed by atoms with Gasteiger partial charge in [-0.1, -0.05) is 48.5 Å². The summed E-state index contributed by atoms with van der Waals surface area (Å²) in [6.45, 7) is 2.26. The number of methoxy groups -OCH3 is 1. The van der Waals surface area contributed by atoms with Gasteiger partial charge in [-0.15, -0.1) is 0 Å². The van der Waals surface area contributed by atoms with Crippen molar-refractivity contribution in [3.05, 3.63) is 95.1 Å². The van der Waals surface area contributed by atoms with Gasteiger partial charge in [0.2, 0.25) is 0 Å². The van der Waals surface area contributed by atoms with Crippen LogP contribution < -0.4 is 14.8 Å². The first-order valence-electron chi connectivity index (χ1n) is 15.0. The van der Waals surface area contributed by atoms with Crippen LogP contribution in [-0.2, 0) is 22.5 Å². The topological polar surface area (TPSA) is 67.9 Å². The second-order valence-electron chi connectivity index (χ2n) is 13.3. The van der Waals surface area contributed by atoms with Crippen LogP contribution in [0.3, 0.4) is 0 Å². The number of fused-ring (bicyclic) bond motifs is 5. The van der Waals surface area contributed by atoms with Gasteiger partial charge in [-0.3, -0.25) is 9.59 Å². The Kier molecular flexibility index (Phi) is 5.24. The summed E-state index contributed by atoms with van der Waals surface area (Å²) >= 11 is 0. The van der Waals surface area contributed by atoms with Crippen molar-refractivity contribution in [2.24, 2.45) is 17.8 Å². The average Bonchev–Trinajstić information content (AvgIpc) is 3.25. The van der Waals surface area contributed by atoms with Crippen molar-refractivity contribution in [2.45, 2.75) is 68.7 Å². The summed E-state index contributed by atoms with van der Waals surface area (Å²) in [5.74, 6) is 3.17. The average molecular weight is 549 g/mol. The van der Waals surface area contributed by atoms with E-state index in [-0.39, 0.29) is 23.9 Å². The molecule has 2 heterocycles. The van der Waals surface area contributed by atoms with Gasteiger partial charge in [-0.05, 0) is 93.0 Å². The standard InChI is InChI=1S/C35H36N2O4/c1-33-28-8-4-3-7-27(28)31(38)37(21-22-11-13-26(40-2)14-12-22)35(33,29-9-5-6-10-30(29)41-33)32(39)36-34-18-23-15-24(19-34)17-25(16-23)20-34/h3-14,23-25H,15-21H2,1-2H3,(H,36,39)/t23?,24?,25?,33-,34?,35+/m0/s1. The number of nitrogens with one attached hydrogen (secondary N) is 1. The van der Waals surface area contributed by atoms with Gasteiger partial charge in [0, 0.05) is 28.8 Å². The maximum atomic E-state index is 15.3. The summed E-state index contributed by atoms with van der Waals surface area (Å²) in [5.41, 5.74) is 0.305. The van der Waals surface area contributed by atoms with Crippen molar-refractivity contribution in [3.8, 4) is 11.5 Å². The summed E-state index contributed by atoms with van der Waals surface area (Å²) in [6.07, 6.45) is 6.97. The lowest BCUT2D eigenvalue weighted by Gasteiger charge is -2.58. The Morgan fingerprint density at radius 2 is 1.51 bits per heavy atom. The number of rotatable bonds is 5. The van der Waals surface area contributed by atoms with Gasteiger partial charge < -0.3 is 19.7 Å². The molecule has 1 N–H and O–H groups in total. The molecule has 9 rings (SSSR count). The van der Waals surface area contributed by atoms with Crippen LogP contribution in [-0.4, -0.2) is 29.4 Å². The summed E-state index contributed by atoms with van der Waals surface area (Å²) in [4.78, 5) is 31.7. The molecular formula is C35H36N2O4. The number of ether oxygens (including phenoxy) is 2. The molecule has 4 saturated carbocycles. The van der Waals surface area contributed by atoms with Crippen molar-refractivity contribution in [1.29, 1.82) is 0 Å². The summed E-state index contributed by atoms with van der Waals surface area (Å²) in [7, 11) is 1.64. The predicted molar refractivity (Wildman–Crippen MR) is 154 cm³/mol. The highest BCUT2D eigenvalue weighted by molar-refractivity contribution is 6.05. The molecule has 6 aliphatic rings. The number of carbonyl (C=O) groups excluding carboxylic acids is 2. The minimum absolute atomic E-state index is 0.122. The minimum Gasteiger partial charge on any atom is -0.497 e. The van der Waals surface area contributed by atoms with E-state index in [0.29, 0.717) is 29.1 Å². The molecule has 0 spiro atoms. The first-order valence-corrected chi connectivity index (χ1v) is 15.0. The van der Waals surface area contributed by atoms with E-state index in [2.05, 4.69) is 5.32 Å². The van der Waals surface area contributed by atoms with Gasteiger partial charge in [0.25, 0.3) is 11.8 Å². The van der Waals surface area contributed by atoms with Crippen molar-refractivity contribution in [1.82, 2.24) is 10.2 Å². The third-order valence-electron chi connectivity index (χ3n) is 10.8. The van der Waals surface area contributed by atoms with Crippen LogP contribution in [0.1, 0.15) is 72.5 Å². The van der Waals surface area contributed by atoms with Crippen LogP contribution in [0.4, 0.5) is 0 Å². The van der Waals surface area contributed by atoms with Crippen molar-refractivity contribution in [2.75, 3.05) is 7.11 Å². The van der Waals surface area contributed by atoms with E-state index in [4.69, 9.17) is 9.47 Å². The number of hydrogen-bond donors (Lipinski definition) is 1. The number of hydrogen-bond acceptors (Lipinski definition) is 4. The molecule has 4 aliphatic carbocycles. The lowest BCUT2D eigenvalue weighted by molar-refractivity contribution is -0.153. The number of para-hydroxylation sites is 1. The Hall–Kier alpha value is -3.80. The van der Waals surface area contributed by atoms with Gasteiger partial charge in [-0.2, -0.15) is 0 Å². The molecule has 0 saturated heterocycles. The molecule has 3 aromatic rings. The fourth-order valence-electron chi connectivity index (χ4n) is 9.60. The number of carbonyl (C=O) groups is 2. The van der Waals surface area contributed by atoms with Gasteiger partial charge >= 0.3 is 0 Å². The lowest BCUT2D eigenvalue weighted by atomic mass is 9.52. The molecule has 2 aliphatic heterocycles. The largest absolute Gasteiger partial charge is 0.497 e. The molecule has 4 bridgehead atoms. The van der Waals surface area contributed by atoms with E-state index in [9.17, 15) is 4.79 Å². The van der Waals surface area contributed by atoms with Crippen molar-refractivity contribution in [3.63, 3.8) is 0 Å². The van der Waals surface area contributed by atoms with Crippen LogP contribution in [0.2, 0.25) is 0 Å². The molecule has 2 amide bonds. The van der Waals surface area contributed by atoms with Gasteiger partial charge in [0.1, 0.15) is 11.5 Å². The molecule has 6 nitrogen and oxygen atoms in total. The Morgan fingerprint density at radius 1 is 0.902 bits per heavy atom. The number of nitrogens with zero attached hydrogens (tertiary/aromatic N) is 1. The first-order chi connectivity index (χ1) is 19.8. The molecule has 3 aromatic carbocycles. The normalized spacial score (nSPS) is 34.0. The fourth-order valence-corrected chi connectivity index (χ4v) is 9.60. The third-order valence-corrected chi connectivity index (χ3v) is 10.8. The van der Waals surface area contributed by atoms with E-state index in [1.807, 2.05) is 79.7 Å². The quantitative estimate of drug-likeness (QED) is 0.429. The molecule has 0 radical (unpaired) electrons. The minimum atomic E-state index is -1.38. The monoisotopic (exact) mass is 548 g/mol. The van der Waals surface area contributed by atoms with Crippen molar-refractivity contribution < 1.29 is 19.1 Å². The van der Waals surface area contributed by atoms with Crippen LogP contribution in [0.25, 0.3) is 0 Å². The number of amides is 2. The van der Waals surface area contributed by atoms with E-state index in [0.717, 1.165) is 41.7 Å². The smallest absolute Gasteiger partial charge is 0.255 e. The highest BCUT2D eigenvalue weighted by atomic mass is 16.5. The summed E-state index contributed by atoms with van der Waals surface area (Å²) < 4.78 is 12.2. The molecule has 41 heavy (non-hydrogen) atoms. The maximum absolute atomic E-state index is 15.3. The van der Waals surface area contributed by atoms with Crippen LogP contribution in [0, 0.1) is 17.8 Å². The molecule has 0 aromatic heterocycles. The zero-order chi connectivity index (χ0) is 28.0. The van der Waals surface area contributed by atoms with Gasteiger partial charge in [0.05, 0.1) is 7.11 Å². The van der Waals surface area contributed by atoms with Gasteiger partial charge in [0.15, 0.2) is 11.1 Å². The zero-order valence-corrected chi connectivity index (χ0v) is 23.7. The molecule has 0 unspecified atom stereocenters. The van der Waals surface area contributed by atoms with Crippen molar-refractivity contribution >= 4 is 11.8 Å². The Balaban J connectivity index is 1.32. The molecule has 2 atom stereocenters. The van der Waals surface area contributed by atoms with E-state index in [1.54, 1.807) is 12.0 Å². The van der Waals surface area contributed by atoms with Crippen LogP contribution >= 0.6 is 0 Å². The van der Waals surface area contributed by atoms with E-state index < -0.39 is 11.1 Å². The van der Waals surface area contributed by atoms with Crippen LogP contribution in [0.5, 0.6) is 11.5 Å². The Morgan fingerprint density at radius 3 is 2.17 bits per heavy atom. The second-order valence-corrected chi connectivity index (χ2v) is 13.3. The highest BCUT2D eigenvalue weighted by Gasteiger charge is 2.71. The zero-order valence-electron chi connectivity index (χ0n) is 23.7. The SMILES string of the molecule is COc1ccc(CN2C(=O)c3ccccc3[C@]3(C)Oc4ccccc4[C@]23C(=O)NC23CC4CC(CC(C4)C2)C3)cc1. The Labute approximate surface area is 241 Å². The summed E-state index contributed by atoms with van der Waals surface area (Å²) in [6, 6.07) is 23.2. The first kappa shape index (κ1) is 25.0. The fraction of sp³-hybridized carbons (Fsp3) is 0.429. The van der Waals surface area contributed by atoms with E-state index in [1.165, 1.54) is 19.3 Å². The summed E-state index contributed by atoms with van der Waals surface area (Å²) in [5, 5.41) is 3.68. The highest BCUT2D eigenvalue weighted by Crippen LogP contribution is 2.61. The van der Waals surface area contributed by atoms with Gasteiger partial charge in [-0.25, -0.2) is 0 Å². The molecule has 210 valence electrons. The molecule has 6 heteroatoms. The molecular weight excluding hydrogens is 512 g/mol. The third kappa shape index (κ3) is 3.36. The Bertz CT molecular complexity index is 1530. The van der Waals surface area contributed by atoms with E-state index >= 15 is 4.79 Å². The maximum Gasteiger partial charge on any atom is 0.255 e. The van der Waals surface area contributed by atoms with Crippen LogP contribution in [0.15, 0.2) is 72.8 Å². The predicted octanol–water partition coefficient (Wildman–Crippen LogP) is 5.94. The lowest BCUT2D eigenvalue weighted by Crippen LogP contribution is -2.72.